The Kier molecular flexibility index (Phi) is 3.31. The van der Waals surface area contributed by atoms with Crippen LogP contribution >= 0.6 is 0 Å². The first-order chi connectivity index (χ1) is 8.17. The first kappa shape index (κ1) is 11.9. The summed E-state index contributed by atoms with van der Waals surface area (Å²) in [5.74, 6) is 0.487. The van der Waals surface area contributed by atoms with E-state index in [1.165, 1.54) is 12.0 Å². The molecular formula is C12H15NO4. The number of aliphatic hydroxyl groups is 1. The van der Waals surface area contributed by atoms with Crippen molar-refractivity contribution in [3.05, 3.63) is 23.8 Å². The fourth-order valence-corrected chi connectivity index (χ4v) is 1.81. The number of methoxy groups -OCH3 is 1. The number of rotatable bonds is 3. The smallest absolute Gasteiger partial charge is 0.269 e. The molecule has 5 nitrogen and oxygen atoms in total. The monoisotopic (exact) mass is 237 g/mol. The lowest BCUT2D eigenvalue weighted by molar-refractivity contribution is -0.126. The van der Waals surface area contributed by atoms with E-state index in [0.717, 1.165) is 5.56 Å². The topological polar surface area (TPSA) is 59.0 Å². The highest BCUT2D eigenvalue weighted by Gasteiger charge is 2.31. The van der Waals surface area contributed by atoms with Crippen LogP contribution in [0.5, 0.6) is 5.75 Å². The van der Waals surface area contributed by atoms with Crippen molar-refractivity contribution >= 4 is 11.6 Å². The molecule has 0 aliphatic carbocycles. The molecule has 92 valence electrons. The number of amides is 1. The van der Waals surface area contributed by atoms with Crippen LogP contribution in [0.4, 0.5) is 5.69 Å². The molecule has 2 rings (SSSR count). The van der Waals surface area contributed by atoms with Gasteiger partial charge in [0.2, 0.25) is 0 Å². The van der Waals surface area contributed by atoms with Gasteiger partial charge < -0.3 is 14.6 Å². The van der Waals surface area contributed by atoms with Gasteiger partial charge in [-0.3, -0.25) is 9.69 Å². The molecule has 0 fully saturated rings. The van der Waals surface area contributed by atoms with Crippen LogP contribution in [-0.2, 0) is 16.1 Å². The summed E-state index contributed by atoms with van der Waals surface area (Å²) in [4.78, 5) is 13.5. The molecule has 1 amide bonds. The Labute approximate surface area is 99.6 Å². The van der Waals surface area contributed by atoms with E-state index >= 15 is 0 Å². The number of anilines is 1. The molecule has 1 atom stereocenters. The molecular weight excluding hydrogens is 222 g/mol. The van der Waals surface area contributed by atoms with Gasteiger partial charge in [0.05, 0.1) is 12.3 Å². The number of aliphatic hydroxyl groups excluding tert-OH is 1. The van der Waals surface area contributed by atoms with Crippen molar-refractivity contribution in [3.8, 4) is 5.75 Å². The molecule has 1 aromatic carbocycles. The van der Waals surface area contributed by atoms with Gasteiger partial charge in [0.1, 0.15) is 12.5 Å². The van der Waals surface area contributed by atoms with Crippen LogP contribution in [0.15, 0.2) is 18.2 Å². The van der Waals surface area contributed by atoms with Gasteiger partial charge in [0.25, 0.3) is 5.91 Å². The van der Waals surface area contributed by atoms with E-state index in [4.69, 9.17) is 14.6 Å². The summed E-state index contributed by atoms with van der Waals surface area (Å²) in [6.07, 6.45) is -0.516. The van der Waals surface area contributed by atoms with Gasteiger partial charge in [-0.1, -0.05) is 6.07 Å². The second-order valence-corrected chi connectivity index (χ2v) is 3.90. The van der Waals surface area contributed by atoms with Crippen LogP contribution in [0, 0.1) is 0 Å². The number of hydrogen-bond acceptors (Lipinski definition) is 4. The van der Waals surface area contributed by atoms with E-state index in [0.29, 0.717) is 11.4 Å². The zero-order valence-electron chi connectivity index (χ0n) is 9.84. The van der Waals surface area contributed by atoms with Crippen LogP contribution in [0.25, 0.3) is 0 Å². The average Bonchev–Trinajstić information content (AvgIpc) is 2.34. The highest BCUT2D eigenvalue weighted by atomic mass is 16.5. The highest BCUT2D eigenvalue weighted by Crippen LogP contribution is 2.34. The number of benzene rings is 1. The minimum absolute atomic E-state index is 0.0716. The Balaban J connectivity index is 2.43. The Morgan fingerprint density at radius 1 is 1.53 bits per heavy atom. The zero-order chi connectivity index (χ0) is 12.4. The lowest BCUT2D eigenvalue weighted by Gasteiger charge is -2.32. The minimum Gasteiger partial charge on any atom is -0.479 e. The average molecular weight is 237 g/mol. The second-order valence-electron chi connectivity index (χ2n) is 3.90. The third-order valence-electron chi connectivity index (χ3n) is 2.67. The van der Waals surface area contributed by atoms with E-state index in [1.54, 1.807) is 25.1 Å². The predicted molar refractivity (Wildman–Crippen MR) is 61.8 cm³/mol. The SMILES string of the molecule is COCN1C(=O)C(C)Oc2ccc(CO)cc21. The predicted octanol–water partition coefficient (Wildman–Crippen LogP) is 0.897. The quantitative estimate of drug-likeness (QED) is 0.848. The van der Waals surface area contributed by atoms with Crippen LogP contribution in [-0.4, -0.2) is 31.0 Å². The van der Waals surface area contributed by atoms with Crippen molar-refractivity contribution in [2.24, 2.45) is 0 Å². The first-order valence-corrected chi connectivity index (χ1v) is 5.38. The van der Waals surface area contributed by atoms with Gasteiger partial charge in [-0.05, 0) is 24.6 Å². The molecule has 0 bridgehead atoms. The molecule has 1 unspecified atom stereocenters. The molecule has 1 N–H and O–H groups in total. The fraction of sp³-hybridized carbons (Fsp3) is 0.417. The van der Waals surface area contributed by atoms with Gasteiger partial charge in [-0.15, -0.1) is 0 Å². The van der Waals surface area contributed by atoms with Crippen LogP contribution in [0.2, 0.25) is 0 Å². The molecule has 1 aromatic rings. The van der Waals surface area contributed by atoms with Gasteiger partial charge in [0, 0.05) is 7.11 Å². The molecule has 1 aliphatic rings. The van der Waals surface area contributed by atoms with Crippen molar-refractivity contribution in [1.82, 2.24) is 0 Å². The summed E-state index contributed by atoms with van der Waals surface area (Å²) < 4.78 is 10.5. The van der Waals surface area contributed by atoms with Crippen molar-refractivity contribution in [1.29, 1.82) is 0 Å². The summed E-state index contributed by atoms with van der Waals surface area (Å²) in [6, 6.07) is 5.26. The lowest BCUT2D eigenvalue weighted by atomic mass is 10.1. The summed E-state index contributed by atoms with van der Waals surface area (Å²) in [7, 11) is 1.53. The minimum atomic E-state index is -0.516. The normalized spacial score (nSPS) is 18.9. The first-order valence-electron chi connectivity index (χ1n) is 5.38. The van der Waals surface area contributed by atoms with E-state index in [-0.39, 0.29) is 19.2 Å². The molecule has 5 heteroatoms. The Hall–Kier alpha value is -1.59. The summed E-state index contributed by atoms with van der Waals surface area (Å²) in [5.41, 5.74) is 1.37. The Morgan fingerprint density at radius 3 is 2.94 bits per heavy atom. The van der Waals surface area contributed by atoms with Gasteiger partial charge >= 0.3 is 0 Å². The summed E-state index contributed by atoms with van der Waals surface area (Å²) >= 11 is 0. The summed E-state index contributed by atoms with van der Waals surface area (Å²) in [5, 5.41) is 9.10. The van der Waals surface area contributed by atoms with Crippen molar-refractivity contribution < 1.29 is 19.4 Å². The molecule has 1 aliphatic heterocycles. The van der Waals surface area contributed by atoms with Gasteiger partial charge in [-0.25, -0.2) is 0 Å². The molecule has 0 radical (unpaired) electrons. The third-order valence-corrected chi connectivity index (χ3v) is 2.67. The van der Waals surface area contributed by atoms with E-state index in [2.05, 4.69) is 0 Å². The number of carbonyl (C=O) groups is 1. The largest absolute Gasteiger partial charge is 0.479 e. The van der Waals surface area contributed by atoms with Crippen molar-refractivity contribution in [2.75, 3.05) is 18.7 Å². The standard InChI is InChI=1S/C12H15NO4/c1-8-12(15)13(7-16-2)10-5-9(6-14)3-4-11(10)17-8/h3-5,8,14H,6-7H2,1-2H3. The molecule has 0 saturated heterocycles. The number of ether oxygens (including phenoxy) is 2. The van der Waals surface area contributed by atoms with Crippen LogP contribution < -0.4 is 9.64 Å². The second kappa shape index (κ2) is 4.73. The summed E-state index contributed by atoms with van der Waals surface area (Å²) in [6.45, 7) is 1.81. The Bertz CT molecular complexity index is 433. The molecule has 0 aromatic heterocycles. The molecule has 17 heavy (non-hydrogen) atoms. The highest BCUT2D eigenvalue weighted by molar-refractivity contribution is 5.99. The zero-order valence-corrected chi connectivity index (χ0v) is 9.84. The Morgan fingerprint density at radius 2 is 2.29 bits per heavy atom. The van der Waals surface area contributed by atoms with Crippen molar-refractivity contribution in [3.63, 3.8) is 0 Å². The lowest BCUT2D eigenvalue weighted by Crippen LogP contribution is -2.45. The number of carbonyl (C=O) groups excluding carboxylic acids is 1. The number of fused-ring (bicyclic) bond motifs is 1. The van der Waals surface area contributed by atoms with Gasteiger partial charge in [0.15, 0.2) is 6.10 Å². The maximum atomic E-state index is 11.9. The maximum Gasteiger partial charge on any atom is 0.269 e. The number of nitrogens with zero attached hydrogens (tertiary/aromatic N) is 1. The van der Waals surface area contributed by atoms with Gasteiger partial charge in [-0.2, -0.15) is 0 Å². The fourth-order valence-electron chi connectivity index (χ4n) is 1.81. The molecule has 0 saturated carbocycles. The van der Waals surface area contributed by atoms with E-state index in [9.17, 15) is 4.79 Å². The maximum absolute atomic E-state index is 11.9. The van der Waals surface area contributed by atoms with Crippen molar-refractivity contribution in [2.45, 2.75) is 19.6 Å². The van der Waals surface area contributed by atoms with Crippen LogP contribution in [0.3, 0.4) is 0 Å². The molecule has 0 spiro atoms. The molecule has 1 heterocycles. The number of hydrogen-bond donors (Lipinski definition) is 1. The van der Waals surface area contributed by atoms with Crippen LogP contribution in [0.1, 0.15) is 12.5 Å². The van der Waals surface area contributed by atoms with E-state index in [1.807, 2.05) is 0 Å². The van der Waals surface area contributed by atoms with E-state index < -0.39 is 6.10 Å². The third kappa shape index (κ3) is 2.11.